The molecule has 1 aromatic carbocycles. The van der Waals surface area contributed by atoms with E-state index in [1.54, 1.807) is 24.3 Å². The van der Waals surface area contributed by atoms with E-state index in [-0.39, 0.29) is 0 Å². The zero-order valence-corrected chi connectivity index (χ0v) is 6.12. The first-order valence-corrected chi connectivity index (χ1v) is 3.30. The van der Waals surface area contributed by atoms with Crippen molar-refractivity contribution in [1.82, 2.24) is 0 Å². The first-order valence-electron chi connectivity index (χ1n) is 2.85. The Kier molecular flexibility index (Phi) is 2.32. The molecular formula is C7H8O2S. The number of rotatable bonds is 1. The Morgan fingerprint density at radius 1 is 1.10 bits per heavy atom. The molecule has 1 rings (SSSR count). The molecule has 0 saturated heterocycles. The van der Waals surface area contributed by atoms with Gasteiger partial charge in [-0.2, -0.15) is 0 Å². The zero-order chi connectivity index (χ0) is 7.56. The van der Waals surface area contributed by atoms with E-state index in [0.717, 1.165) is 4.90 Å². The van der Waals surface area contributed by atoms with Crippen LogP contribution in [-0.2, 0) is 0 Å². The van der Waals surface area contributed by atoms with Crippen LogP contribution in [0.3, 0.4) is 0 Å². The minimum Gasteiger partial charge on any atom is -0.364 e. The fourth-order valence-electron chi connectivity index (χ4n) is 0.646. The average Bonchev–Trinajstić information content (AvgIpc) is 1.88. The van der Waals surface area contributed by atoms with Crippen LogP contribution in [0, 0.1) is 0 Å². The lowest BCUT2D eigenvalue weighted by atomic mass is 10.2. The van der Waals surface area contributed by atoms with Crippen LogP contribution >= 0.6 is 12.6 Å². The quantitative estimate of drug-likeness (QED) is 0.418. The van der Waals surface area contributed by atoms with Gasteiger partial charge in [0.1, 0.15) is 0 Å². The van der Waals surface area contributed by atoms with Gasteiger partial charge in [0.15, 0.2) is 6.29 Å². The largest absolute Gasteiger partial charge is 0.364 e. The van der Waals surface area contributed by atoms with Crippen molar-refractivity contribution in [1.29, 1.82) is 0 Å². The molecule has 0 fully saturated rings. The van der Waals surface area contributed by atoms with Crippen molar-refractivity contribution in [2.45, 2.75) is 11.2 Å². The summed E-state index contributed by atoms with van der Waals surface area (Å²) >= 11 is 4.04. The Morgan fingerprint density at radius 2 is 1.60 bits per heavy atom. The molecule has 0 saturated carbocycles. The van der Waals surface area contributed by atoms with Crippen LogP contribution in [0.2, 0.25) is 0 Å². The van der Waals surface area contributed by atoms with Gasteiger partial charge in [-0.15, -0.1) is 12.6 Å². The van der Waals surface area contributed by atoms with E-state index in [9.17, 15) is 0 Å². The van der Waals surface area contributed by atoms with Gasteiger partial charge < -0.3 is 10.2 Å². The van der Waals surface area contributed by atoms with E-state index in [4.69, 9.17) is 10.2 Å². The molecule has 0 atom stereocenters. The SMILES string of the molecule is OC(O)c1ccc(S)cc1. The summed E-state index contributed by atoms with van der Waals surface area (Å²) in [5.74, 6) is 0. The van der Waals surface area contributed by atoms with Crippen molar-refractivity contribution in [2.24, 2.45) is 0 Å². The number of hydrogen-bond acceptors (Lipinski definition) is 3. The number of aliphatic hydroxyl groups is 2. The lowest BCUT2D eigenvalue weighted by Crippen LogP contribution is -1.92. The summed E-state index contributed by atoms with van der Waals surface area (Å²) in [4.78, 5) is 0.810. The third kappa shape index (κ3) is 1.73. The highest BCUT2D eigenvalue weighted by Crippen LogP contribution is 2.12. The van der Waals surface area contributed by atoms with E-state index in [0.29, 0.717) is 5.56 Å². The second-order valence-corrected chi connectivity index (χ2v) is 2.48. The molecular weight excluding hydrogens is 148 g/mol. The van der Waals surface area contributed by atoms with E-state index in [2.05, 4.69) is 12.6 Å². The van der Waals surface area contributed by atoms with Crippen molar-refractivity contribution in [3.05, 3.63) is 29.8 Å². The predicted octanol–water partition coefficient (Wildman–Crippen LogP) is 0.958. The average molecular weight is 156 g/mol. The van der Waals surface area contributed by atoms with Gasteiger partial charge in [0.25, 0.3) is 0 Å². The lowest BCUT2D eigenvalue weighted by Gasteiger charge is -2.01. The van der Waals surface area contributed by atoms with E-state index in [1.165, 1.54) is 0 Å². The minimum atomic E-state index is -1.38. The highest BCUT2D eigenvalue weighted by atomic mass is 32.1. The van der Waals surface area contributed by atoms with Crippen molar-refractivity contribution in [2.75, 3.05) is 0 Å². The summed E-state index contributed by atoms with van der Waals surface area (Å²) in [5.41, 5.74) is 0.484. The summed E-state index contributed by atoms with van der Waals surface area (Å²) in [6.07, 6.45) is -1.38. The Balaban J connectivity index is 2.89. The third-order valence-corrected chi connectivity index (χ3v) is 1.49. The fraction of sp³-hybridized carbons (Fsp3) is 0.143. The van der Waals surface area contributed by atoms with E-state index < -0.39 is 6.29 Å². The second kappa shape index (κ2) is 3.05. The Labute approximate surface area is 64.5 Å². The maximum Gasteiger partial charge on any atom is 0.178 e. The van der Waals surface area contributed by atoms with Crippen LogP contribution < -0.4 is 0 Å². The van der Waals surface area contributed by atoms with Crippen molar-refractivity contribution in [3.8, 4) is 0 Å². The van der Waals surface area contributed by atoms with E-state index in [1.807, 2.05) is 0 Å². The number of thiol groups is 1. The van der Waals surface area contributed by atoms with Gasteiger partial charge in [-0.25, -0.2) is 0 Å². The maximum absolute atomic E-state index is 8.65. The van der Waals surface area contributed by atoms with Crippen LogP contribution in [0.1, 0.15) is 11.9 Å². The summed E-state index contributed by atoms with van der Waals surface area (Å²) in [6, 6.07) is 6.65. The third-order valence-electron chi connectivity index (χ3n) is 1.19. The summed E-state index contributed by atoms with van der Waals surface area (Å²) in [6.45, 7) is 0. The number of benzene rings is 1. The fourth-order valence-corrected chi connectivity index (χ4v) is 0.796. The molecule has 0 amide bonds. The van der Waals surface area contributed by atoms with Crippen LogP contribution in [0.5, 0.6) is 0 Å². The summed E-state index contributed by atoms with van der Waals surface area (Å²) in [7, 11) is 0. The van der Waals surface area contributed by atoms with Gasteiger partial charge in [-0.05, 0) is 12.1 Å². The highest BCUT2D eigenvalue weighted by molar-refractivity contribution is 7.80. The molecule has 10 heavy (non-hydrogen) atoms. The standard InChI is InChI=1S/C7H8O2S/c8-7(9)5-1-3-6(10)4-2-5/h1-4,7-10H. The highest BCUT2D eigenvalue weighted by Gasteiger charge is 1.99. The minimum absolute atomic E-state index is 0.484. The molecule has 0 radical (unpaired) electrons. The molecule has 0 spiro atoms. The van der Waals surface area contributed by atoms with Gasteiger partial charge in [-0.3, -0.25) is 0 Å². The van der Waals surface area contributed by atoms with Gasteiger partial charge in [0.2, 0.25) is 0 Å². The summed E-state index contributed by atoms with van der Waals surface area (Å²) in [5, 5.41) is 17.3. The molecule has 2 nitrogen and oxygen atoms in total. The predicted molar refractivity (Wildman–Crippen MR) is 40.9 cm³/mol. The Bertz CT molecular complexity index is 205. The number of hydrogen-bond donors (Lipinski definition) is 3. The molecule has 0 bridgehead atoms. The maximum atomic E-state index is 8.65. The number of aliphatic hydroxyl groups excluding tert-OH is 1. The van der Waals surface area contributed by atoms with Gasteiger partial charge in [0, 0.05) is 10.5 Å². The molecule has 0 aliphatic carbocycles. The molecule has 54 valence electrons. The summed E-state index contributed by atoms with van der Waals surface area (Å²) < 4.78 is 0. The molecule has 0 unspecified atom stereocenters. The van der Waals surface area contributed by atoms with Crippen LogP contribution in [0.15, 0.2) is 29.2 Å². The topological polar surface area (TPSA) is 40.5 Å². The van der Waals surface area contributed by atoms with Crippen molar-refractivity contribution in [3.63, 3.8) is 0 Å². The molecule has 0 aromatic heterocycles. The van der Waals surface area contributed by atoms with Crippen molar-refractivity contribution < 1.29 is 10.2 Å². The lowest BCUT2D eigenvalue weighted by molar-refractivity contribution is -0.0425. The zero-order valence-electron chi connectivity index (χ0n) is 5.23. The molecule has 0 heterocycles. The van der Waals surface area contributed by atoms with Gasteiger partial charge in [0.05, 0.1) is 0 Å². The van der Waals surface area contributed by atoms with Crippen molar-refractivity contribution >= 4 is 12.6 Å². The first kappa shape index (κ1) is 7.60. The molecule has 1 aromatic rings. The van der Waals surface area contributed by atoms with Gasteiger partial charge in [-0.1, -0.05) is 12.1 Å². The molecule has 3 heteroatoms. The normalized spacial score (nSPS) is 10.4. The molecule has 2 N–H and O–H groups in total. The van der Waals surface area contributed by atoms with Gasteiger partial charge >= 0.3 is 0 Å². The Hall–Kier alpha value is -0.510. The molecule has 0 aliphatic heterocycles. The van der Waals surface area contributed by atoms with Crippen LogP contribution in [0.4, 0.5) is 0 Å². The smallest absolute Gasteiger partial charge is 0.178 e. The Morgan fingerprint density at radius 3 is 2.00 bits per heavy atom. The van der Waals surface area contributed by atoms with Crippen LogP contribution in [-0.4, -0.2) is 10.2 Å². The molecule has 0 aliphatic rings. The first-order chi connectivity index (χ1) is 4.70. The monoisotopic (exact) mass is 156 g/mol. The second-order valence-electron chi connectivity index (χ2n) is 1.97. The van der Waals surface area contributed by atoms with E-state index >= 15 is 0 Å². The van der Waals surface area contributed by atoms with Crippen LogP contribution in [0.25, 0.3) is 0 Å².